The van der Waals surface area contributed by atoms with Crippen LogP contribution in [0.4, 0.5) is 20.3 Å². The fourth-order valence-electron chi connectivity index (χ4n) is 6.80. The van der Waals surface area contributed by atoms with Crippen molar-refractivity contribution in [2.75, 3.05) is 25.1 Å². The van der Waals surface area contributed by atoms with E-state index in [0.29, 0.717) is 37.2 Å². The SMILES string of the molecule is COC(=O)C1CCC(n2nc(N3CCCc4cc(-c5cnn(C)c5)c(C(F)F)cc43)c3c2CCN(C(C)=O)C3)CC1. The molecule has 3 aromatic rings. The van der Waals surface area contributed by atoms with Crippen LogP contribution in [-0.2, 0) is 40.8 Å². The number of methoxy groups -OCH3 is 1. The summed E-state index contributed by atoms with van der Waals surface area (Å²) in [7, 11) is 3.21. The molecule has 0 atom stereocenters. The third-order valence-corrected chi connectivity index (χ3v) is 8.96. The molecule has 1 amide bonds. The van der Waals surface area contributed by atoms with Gasteiger partial charge in [-0.2, -0.15) is 10.2 Å². The summed E-state index contributed by atoms with van der Waals surface area (Å²) < 4.78 is 37.6. The van der Waals surface area contributed by atoms with Crippen molar-refractivity contribution in [3.8, 4) is 11.1 Å². The molecule has 1 fully saturated rings. The van der Waals surface area contributed by atoms with Crippen LogP contribution in [0.1, 0.15) is 73.9 Å². The Morgan fingerprint density at radius 1 is 1.10 bits per heavy atom. The minimum Gasteiger partial charge on any atom is -0.469 e. The van der Waals surface area contributed by atoms with E-state index in [1.807, 2.05) is 11.0 Å². The van der Waals surface area contributed by atoms with E-state index >= 15 is 0 Å². The van der Waals surface area contributed by atoms with Gasteiger partial charge in [-0.3, -0.25) is 19.0 Å². The number of carbonyl (C=O) groups is 2. The Morgan fingerprint density at radius 2 is 1.88 bits per heavy atom. The van der Waals surface area contributed by atoms with Crippen molar-refractivity contribution in [2.24, 2.45) is 13.0 Å². The van der Waals surface area contributed by atoms with E-state index in [9.17, 15) is 18.4 Å². The molecule has 0 saturated heterocycles. The molecular formula is C30H36F2N6O3. The highest BCUT2D eigenvalue weighted by Crippen LogP contribution is 2.44. The van der Waals surface area contributed by atoms with Crippen LogP contribution < -0.4 is 4.90 Å². The molecule has 0 spiro atoms. The van der Waals surface area contributed by atoms with E-state index in [2.05, 4.69) is 14.7 Å². The fourth-order valence-corrected chi connectivity index (χ4v) is 6.80. The molecule has 4 heterocycles. The Hall–Kier alpha value is -3.76. The minimum absolute atomic E-state index is 0.00748. The maximum absolute atomic E-state index is 14.5. The van der Waals surface area contributed by atoms with Crippen molar-refractivity contribution in [2.45, 2.75) is 70.9 Å². The van der Waals surface area contributed by atoms with Crippen LogP contribution in [0.2, 0.25) is 0 Å². The summed E-state index contributed by atoms with van der Waals surface area (Å²) in [4.78, 5) is 28.4. The van der Waals surface area contributed by atoms with Gasteiger partial charge in [-0.05, 0) is 61.8 Å². The summed E-state index contributed by atoms with van der Waals surface area (Å²) in [6.07, 6.45) is 6.15. The van der Waals surface area contributed by atoms with Crippen LogP contribution in [0.15, 0.2) is 24.5 Å². The molecular weight excluding hydrogens is 530 g/mol. The van der Waals surface area contributed by atoms with Gasteiger partial charge in [0, 0.05) is 67.8 Å². The lowest BCUT2D eigenvalue weighted by atomic mass is 9.86. The molecule has 2 aliphatic heterocycles. The van der Waals surface area contributed by atoms with Gasteiger partial charge in [-0.25, -0.2) is 8.78 Å². The predicted molar refractivity (Wildman–Crippen MR) is 149 cm³/mol. The standard InChI is InChI=1S/C30H36F2N6O3/c1-18(39)36-12-10-26-25(17-36)29(34-38(26)22-8-6-19(7-9-22)30(40)41-3)37-11-4-5-20-13-23(21-15-33-35(2)16-21)24(28(31)32)14-27(20)37/h13-16,19,22,28H,4-12,17H2,1-3H3. The molecule has 0 unspecified atom stereocenters. The first-order chi connectivity index (χ1) is 19.7. The highest BCUT2D eigenvalue weighted by Gasteiger charge is 2.35. The van der Waals surface area contributed by atoms with Crippen LogP contribution in [0.5, 0.6) is 0 Å². The molecule has 0 bridgehead atoms. The molecule has 1 saturated carbocycles. The molecule has 41 heavy (non-hydrogen) atoms. The number of aromatic nitrogens is 4. The Bertz CT molecular complexity index is 1470. The van der Waals surface area contributed by atoms with Crippen LogP contribution in [0.25, 0.3) is 11.1 Å². The van der Waals surface area contributed by atoms with Crippen molar-refractivity contribution in [1.82, 2.24) is 24.5 Å². The van der Waals surface area contributed by atoms with Crippen LogP contribution >= 0.6 is 0 Å². The summed E-state index contributed by atoms with van der Waals surface area (Å²) in [5, 5.41) is 9.36. The summed E-state index contributed by atoms with van der Waals surface area (Å²) >= 11 is 0. The molecule has 2 aromatic heterocycles. The largest absolute Gasteiger partial charge is 0.469 e. The number of fused-ring (bicyclic) bond motifs is 2. The van der Waals surface area contributed by atoms with Gasteiger partial charge >= 0.3 is 5.97 Å². The van der Waals surface area contributed by atoms with Crippen molar-refractivity contribution in [3.63, 3.8) is 0 Å². The number of hydrogen-bond acceptors (Lipinski definition) is 6. The number of rotatable bonds is 5. The zero-order valence-electron chi connectivity index (χ0n) is 23.8. The zero-order chi connectivity index (χ0) is 28.8. The Balaban J connectivity index is 1.41. The Labute approximate surface area is 238 Å². The topological polar surface area (TPSA) is 85.5 Å². The third kappa shape index (κ3) is 4.99. The minimum atomic E-state index is -2.65. The van der Waals surface area contributed by atoms with Crippen molar-refractivity contribution in [1.29, 1.82) is 0 Å². The smallest absolute Gasteiger partial charge is 0.308 e. The van der Waals surface area contributed by atoms with Crippen molar-refractivity contribution < 1.29 is 23.1 Å². The monoisotopic (exact) mass is 566 g/mol. The number of hydrogen-bond donors (Lipinski definition) is 0. The number of carbonyl (C=O) groups excluding carboxylic acids is 2. The molecule has 11 heteroatoms. The number of anilines is 2. The first kappa shape index (κ1) is 27.4. The number of alkyl halides is 2. The maximum atomic E-state index is 14.5. The first-order valence-electron chi connectivity index (χ1n) is 14.4. The number of benzene rings is 1. The molecule has 6 rings (SSSR count). The highest BCUT2D eigenvalue weighted by molar-refractivity contribution is 5.78. The number of aryl methyl sites for hydroxylation is 2. The average Bonchev–Trinajstić information content (AvgIpc) is 3.59. The summed E-state index contributed by atoms with van der Waals surface area (Å²) in [5.74, 6) is 0.504. The van der Waals surface area contributed by atoms with Gasteiger partial charge in [0.05, 0.1) is 31.8 Å². The average molecular weight is 567 g/mol. The number of ether oxygens (including phenoxy) is 1. The Morgan fingerprint density at radius 3 is 2.54 bits per heavy atom. The second-order valence-corrected chi connectivity index (χ2v) is 11.4. The molecule has 1 aromatic carbocycles. The van der Waals surface area contributed by atoms with Crippen LogP contribution in [0, 0.1) is 5.92 Å². The summed E-state index contributed by atoms with van der Waals surface area (Å²) in [5.41, 5.74) is 5.00. The summed E-state index contributed by atoms with van der Waals surface area (Å²) in [6, 6.07) is 3.65. The molecule has 9 nitrogen and oxygen atoms in total. The lowest BCUT2D eigenvalue weighted by Crippen LogP contribution is -2.36. The van der Waals surface area contributed by atoms with E-state index in [-0.39, 0.29) is 29.4 Å². The van der Waals surface area contributed by atoms with Gasteiger partial charge < -0.3 is 14.5 Å². The van der Waals surface area contributed by atoms with E-state index in [1.54, 1.807) is 37.1 Å². The van der Waals surface area contributed by atoms with Gasteiger partial charge in [0.2, 0.25) is 5.91 Å². The Kier molecular flexibility index (Phi) is 7.29. The zero-order valence-corrected chi connectivity index (χ0v) is 23.8. The predicted octanol–water partition coefficient (Wildman–Crippen LogP) is 5.11. The number of esters is 1. The molecule has 218 valence electrons. The molecule has 0 radical (unpaired) electrons. The van der Waals surface area contributed by atoms with Crippen molar-refractivity contribution >= 4 is 23.4 Å². The normalized spacial score (nSPS) is 20.6. The van der Waals surface area contributed by atoms with Gasteiger partial charge in [0.15, 0.2) is 5.82 Å². The second-order valence-electron chi connectivity index (χ2n) is 11.4. The molecule has 1 aliphatic carbocycles. The van der Waals surface area contributed by atoms with E-state index in [4.69, 9.17) is 9.84 Å². The van der Waals surface area contributed by atoms with Gasteiger partial charge in [-0.15, -0.1) is 0 Å². The van der Waals surface area contributed by atoms with E-state index in [0.717, 1.165) is 66.9 Å². The maximum Gasteiger partial charge on any atom is 0.308 e. The number of halogens is 2. The van der Waals surface area contributed by atoms with Gasteiger partial charge in [0.1, 0.15) is 0 Å². The fraction of sp³-hybridized carbons (Fsp3) is 0.533. The number of nitrogens with zero attached hydrogens (tertiary/aromatic N) is 6. The lowest BCUT2D eigenvalue weighted by Gasteiger charge is -2.33. The number of amides is 1. The summed E-state index contributed by atoms with van der Waals surface area (Å²) in [6.45, 7) is 3.29. The van der Waals surface area contributed by atoms with Crippen LogP contribution in [0.3, 0.4) is 0 Å². The molecule has 0 N–H and O–H groups in total. The van der Waals surface area contributed by atoms with Crippen molar-refractivity contribution in [3.05, 3.63) is 46.9 Å². The van der Waals surface area contributed by atoms with E-state index in [1.165, 1.54) is 7.11 Å². The highest BCUT2D eigenvalue weighted by atomic mass is 19.3. The molecule has 3 aliphatic rings. The second kappa shape index (κ2) is 10.9. The lowest BCUT2D eigenvalue weighted by molar-refractivity contribution is -0.146. The first-order valence-corrected chi connectivity index (χ1v) is 14.4. The van der Waals surface area contributed by atoms with Gasteiger partial charge in [0.25, 0.3) is 6.43 Å². The van der Waals surface area contributed by atoms with Gasteiger partial charge in [-0.1, -0.05) is 0 Å². The van der Waals surface area contributed by atoms with Crippen LogP contribution in [-0.4, -0.2) is 56.5 Å². The van der Waals surface area contributed by atoms with E-state index < -0.39 is 6.43 Å². The quantitative estimate of drug-likeness (QED) is 0.399. The third-order valence-electron chi connectivity index (χ3n) is 8.96.